The van der Waals surface area contributed by atoms with Gasteiger partial charge in [-0.05, 0) is 42.3 Å². The minimum absolute atomic E-state index is 0.0148. The molecular formula is C18H15Cl2N3O. The van der Waals surface area contributed by atoms with E-state index in [-0.39, 0.29) is 29.1 Å². The van der Waals surface area contributed by atoms with Gasteiger partial charge < -0.3 is 5.32 Å². The van der Waals surface area contributed by atoms with Gasteiger partial charge in [-0.25, -0.2) is 9.97 Å². The number of aryl methyl sites for hydroxylation is 1. The number of benzene rings is 1. The van der Waals surface area contributed by atoms with E-state index in [1.54, 1.807) is 12.1 Å². The van der Waals surface area contributed by atoms with Gasteiger partial charge in [0.05, 0.1) is 12.1 Å². The molecule has 3 aromatic rings. The number of pyridine rings is 2. The van der Waals surface area contributed by atoms with Crippen LogP contribution in [0, 0.1) is 6.92 Å². The van der Waals surface area contributed by atoms with Gasteiger partial charge in [0.1, 0.15) is 16.1 Å². The summed E-state index contributed by atoms with van der Waals surface area (Å²) in [5.41, 5.74) is 2.76. The third-order valence-corrected chi connectivity index (χ3v) is 4.00. The Balaban J connectivity index is 1.68. The summed E-state index contributed by atoms with van der Waals surface area (Å²) in [6, 6.07) is 13.1. The molecule has 24 heavy (non-hydrogen) atoms. The van der Waals surface area contributed by atoms with Crippen LogP contribution < -0.4 is 5.32 Å². The van der Waals surface area contributed by atoms with Gasteiger partial charge in [0.25, 0.3) is 0 Å². The van der Waals surface area contributed by atoms with E-state index >= 15 is 0 Å². The second-order valence-electron chi connectivity index (χ2n) is 5.53. The van der Waals surface area contributed by atoms with Crippen LogP contribution in [0.5, 0.6) is 0 Å². The molecule has 0 atom stereocenters. The Hall–Kier alpha value is -2.17. The van der Waals surface area contributed by atoms with Gasteiger partial charge in [0.2, 0.25) is 0 Å². The van der Waals surface area contributed by atoms with Gasteiger partial charge in [-0.3, -0.25) is 4.79 Å². The zero-order chi connectivity index (χ0) is 17.1. The molecule has 122 valence electrons. The molecule has 0 saturated carbocycles. The van der Waals surface area contributed by atoms with Gasteiger partial charge in [-0.15, -0.1) is 0 Å². The Morgan fingerprint density at radius 3 is 2.54 bits per heavy atom. The Bertz CT molecular complexity index is 892. The molecule has 2 aromatic heterocycles. The molecule has 0 fully saturated rings. The summed E-state index contributed by atoms with van der Waals surface area (Å²) in [6.45, 7) is 2.21. The van der Waals surface area contributed by atoms with Crippen LogP contribution in [0.4, 0.5) is 5.82 Å². The molecule has 6 heteroatoms. The van der Waals surface area contributed by atoms with Crippen LogP contribution in [-0.4, -0.2) is 22.3 Å². The molecule has 2 heterocycles. The number of ketones is 1. The molecular weight excluding hydrogens is 345 g/mol. The number of fused-ring (bicyclic) bond motifs is 1. The largest absolute Gasteiger partial charge is 0.363 e. The molecule has 0 aliphatic carbocycles. The number of nitrogens with one attached hydrogen (secondary N) is 1. The average molecular weight is 360 g/mol. The fourth-order valence-electron chi connectivity index (χ4n) is 2.54. The zero-order valence-electron chi connectivity index (χ0n) is 13.0. The van der Waals surface area contributed by atoms with Gasteiger partial charge >= 0.3 is 0 Å². The van der Waals surface area contributed by atoms with Crippen LogP contribution in [0.15, 0.2) is 42.5 Å². The molecule has 0 bridgehead atoms. The van der Waals surface area contributed by atoms with Crippen LogP contribution in [0.1, 0.15) is 11.1 Å². The lowest BCUT2D eigenvalue weighted by Crippen LogP contribution is -2.16. The molecule has 1 N–H and O–H groups in total. The summed E-state index contributed by atoms with van der Waals surface area (Å²) in [5.74, 6) is 0.700. The van der Waals surface area contributed by atoms with Crippen LogP contribution in [-0.2, 0) is 11.2 Å². The highest BCUT2D eigenvalue weighted by atomic mass is 35.5. The lowest BCUT2D eigenvalue weighted by Gasteiger charge is -2.09. The number of carbonyl (C=O) groups excluding carboxylic acids is 1. The Kier molecular flexibility index (Phi) is 4.97. The second kappa shape index (κ2) is 7.16. The van der Waals surface area contributed by atoms with E-state index in [2.05, 4.69) is 15.3 Å². The van der Waals surface area contributed by atoms with Crippen LogP contribution in [0.3, 0.4) is 0 Å². The smallest absolute Gasteiger partial charge is 0.156 e. The third-order valence-electron chi connectivity index (χ3n) is 3.61. The standard InChI is InChI=1S/C18H15Cl2N3O/c1-11-6-18(22-15-5-3-2-4-14(11)15)21-10-13(24)7-12-8-16(19)23-17(20)9-12/h2-6,8-9H,7,10H2,1H3,(H,21,22). The van der Waals surface area contributed by atoms with E-state index in [9.17, 15) is 4.79 Å². The van der Waals surface area contributed by atoms with Crippen molar-refractivity contribution in [2.24, 2.45) is 0 Å². The Labute approximate surface area is 149 Å². The zero-order valence-corrected chi connectivity index (χ0v) is 14.5. The van der Waals surface area contributed by atoms with Gasteiger partial charge in [0.15, 0.2) is 5.78 Å². The average Bonchev–Trinajstić information content (AvgIpc) is 2.52. The summed E-state index contributed by atoms with van der Waals surface area (Å²) in [6.07, 6.45) is 0.238. The van der Waals surface area contributed by atoms with Crippen molar-refractivity contribution in [1.82, 2.24) is 9.97 Å². The summed E-state index contributed by atoms with van der Waals surface area (Å²) >= 11 is 11.7. The van der Waals surface area contributed by atoms with Crippen molar-refractivity contribution in [3.63, 3.8) is 0 Å². The van der Waals surface area contributed by atoms with Crippen molar-refractivity contribution in [3.05, 3.63) is 63.9 Å². The highest BCUT2D eigenvalue weighted by Gasteiger charge is 2.08. The number of anilines is 1. The summed E-state index contributed by atoms with van der Waals surface area (Å²) < 4.78 is 0. The maximum absolute atomic E-state index is 12.2. The van der Waals surface area contributed by atoms with Crippen LogP contribution in [0.2, 0.25) is 10.3 Å². The summed E-state index contributed by atoms with van der Waals surface area (Å²) in [4.78, 5) is 20.6. The number of rotatable bonds is 5. The third kappa shape index (κ3) is 4.02. The van der Waals surface area contributed by atoms with Crippen molar-refractivity contribution in [3.8, 4) is 0 Å². The molecule has 0 saturated heterocycles. The van der Waals surface area contributed by atoms with Gasteiger partial charge in [-0.1, -0.05) is 41.4 Å². The van der Waals surface area contributed by atoms with Crippen molar-refractivity contribution in [2.75, 3.05) is 11.9 Å². The fraction of sp³-hybridized carbons (Fsp3) is 0.167. The Morgan fingerprint density at radius 1 is 1.08 bits per heavy atom. The topological polar surface area (TPSA) is 54.9 Å². The maximum atomic E-state index is 12.2. The lowest BCUT2D eigenvalue weighted by molar-refractivity contribution is -0.116. The molecule has 0 unspecified atom stereocenters. The molecule has 0 radical (unpaired) electrons. The maximum Gasteiger partial charge on any atom is 0.156 e. The van der Waals surface area contributed by atoms with Crippen molar-refractivity contribution in [2.45, 2.75) is 13.3 Å². The Morgan fingerprint density at radius 2 is 1.79 bits per heavy atom. The highest BCUT2D eigenvalue weighted by Crippen LogP contribution is 2.20. The van der Waals surface area contributed by atoms with E-state index in [4.69, 9.17) is 23.2 Å². The number of Topliss-reactive ketones (excluding diaryl/α,β-unsaturated/α-hetero) is 1. The predicted molar refractivity (Wildman–Crippen MR) is 97.9 cm³/mol. The van der Waals surface area contributed by atoms with Crippen molar-refractivity contribution in [1.29, 1.82) is 0 Å². The molecule has 4 nitrogen and oxygen atoms in total. The predicted octanol–water partition coefficient (Wildman–Crippen LogP) is 4.47. The molecule has 1 aromatic carbocycles. The minimum atomic E-state index is 0.0148. The van der Waals surface area contributed by atoms with Crippen molar-refractivity contribution >= 4 is 45.7 Å². The van der Waals surface area contributed by atoms with E-state index < -0.39 is 0 Å². The minimum Gasteiger partial charge on any atom is -0.363 e. The first kappa shape index (κ1) is 16.7. The number of para-hydroxylation sites is 1. The van der Waals surface area contributed by atoms with E-state index in [1.165, 1.54) is 0 Å². The van der Waals surface area contributed by atoms with Gasteiger partial charge in [-0.2, -0.15) is 0 Å². The number of nitrogens with zero attached hydrogens (tertiary/aromatic N) is 2. The van der Waals surface area contributed by atoms with E-state index in [1.807, 2.05) is 37.3 Å². The number of hydrogen-bond acceptors (Lipinski definition) is 4. The first-order chi connectivity index (χ1) is 11.5. The molecule has 0 aliphatic rings. The second-order valence-corrected chi connectivity index (χ2v) is 6.31. The number of halogens is 2. The lowest BCUT2D eigenvalue weighted by atomic mass is 10.1. The highest BCUT2D eigenvalue weighted by molar-refractivity contribution is 6.32. The number of carbonyl (C=O) groups is 1. The van der Waals surface area contributed by atoms with Gasteiger partial charge in [0, 0.05) is 11.8 Å². The van der Waals surface area contributed by atoms with Crippen LogP contribution in [0.25, 0.3) is 10.9 Å². The fourth-order valence-corrected chi connectivity index (χ4v) is 3.04. The summed E-state index contributed by atoms with van der Waals surface area (Å²) in [5, 5.41) is 4.76. The van der Waals surface area contributed by atoms with E-state index in [0.29, 0.717) is 5.82 Å². The normalized spacial score (nSPS) is 10.8. The van der Waals surface area contributed by atoms with E-state index in [0.717, 1.165) is 22.0 Å². The monoisotopic (exact) mass is 359 g/mol. The molecule has 0 spiro atoms. The number of aromatic nitrogens is 2. The number of hydrogen-bond donors (Lipinski definition) is 1. The first-order valence-corrected chi connectivity index (χ1v) is 8.21. The molecule has 0 aliphatic heterocycles. The molecule has 3 rings (SSSR count). The van der Waals surface area contributed by atoms with Crippen molar-refractivity contribution < 1.29 is 4.79 Å². The molecule has 0 amide bonds. The SMILES string of the molecule is Cc1cc(NCC(=O)Cc2cc(Cl)nc(Cl)c2)nc2ccccc12. The first-order valence-electron chi connectivity index (χ1n) is 7.45. The summed E-state index contributed by atoms with van der Waals surface area (Å²) in [7, 11) is 0. The van der Waals surface area contributed by atoms with Crippen LogP contribution >= 0.6 is 23.2 Å². The quantitative estimate of drug-likeness (QED) is 0.682.